The Labute approximate surface area is 284 Å². The van der Waals surface area contributed by atoms with Crippen LogP contribution in [0.4, 0.5) is 26.3 Å². The third-order valence-electron chi connectivity index (χ3n) is 7.73. The smallest absolute Gasteiger partial charge is 0.400 e. The molecule has 0 aromatic heterocycles. The van der Waals surface area contributed by atoms with Gasteiger partial charge in [0.1, 0.15) is 23.0 Å². The first kappa shape index (κ1) is 40.3. The van der Waals surface area contributed by atoms with Gasteiger partial charge in [-0.15, -0.1) is 0 Å². The Kier molecular flexibility index (Phi) is 16.6. The van der Waals surface area contributed by atoms with Crippen LogP contribution in [0.3, 0.4) is 0 Å². The number of hydrogen-bond donors (Lipinski definition) is 0. The SMILES string of the molecule is Cc1c(Oc2cc(S(=O)CC(F)(F)F)c(C)c(CCCCCCBr)c2C)cc(S(=O)CC(F)(F)F)c(C)c1CCCCCCBr. The van der Waals surface area contributed by atoms with Crippen molar-refractivity contribution in [1.82, 2.24) is 0 Å². The first-order valence-electron chi connectivity index (χ1n) is 15.0. The van der Waals surface area contributed by atoms with E-state index >= 15 is 0 Å². The Bertz CT molecular complexity index is 1230. The van der Waals surface area contributed by atoms with Gasteiger partial charge in [0.2, 0.25) is 0 Å². The van der Waals surface area contributed by atoms with Gasteiger partial charge in [-0.05, 0) is 112 Å². The minimum Gasteiger partial charge on any atom is -0.457 e. The predicted octanol–water partition coefficient (Wildman–Crippen LogP) is 11.0. The molecular weight excluding hydrogens is 770 g/mol. The number of unbranched alkanes of at least 4 members (excludes halogenated alkanes) is 6. The first-order chi connectivity index (χ1) is 21.0. The summed E-state index contributed by atoms with van der Waals surface area (Å²) in [7, 11) is -4.79. The zero-order valence-corrected chi connectivity index (χ0v) is 30.9. The fourth-order valence-electron chi connectivity index (χ4n) is 5.33. The maximum atomic E-state index is 13.3. The minimum absolute atomic E-state index is 0.0148. The van der Waals surface area contributed by atoms with Gasteiger partial charge in [-0.2, -0.15) is 26.3 Å². The van der Waals surface area contributed by atoms with E-state index in [1.54, 1.807) is 27.7 Å². The standard InChI is InChI=1S/C32H42Br2F6O3S2/c1-21-25(13-9-5-7-11-15-33)23(3)29(44(41)19-31(35,36)37)17-27(21)43-28-18-30(45(42)20-32(38,39)40)24(4)26(22(28)2)14-10-6-8-12-16-34/h17-18H,5-16,19-20H2,1-4H3. The molecule has 2 rings (SSSR count). The number of halogens is 8. The summed E-state index contributed by atoms with van der Waals surface area (Å²) in [5, 5.41) is 1.75. The lowest BCUT2D eigenvalue weighted by Gasteiger charge is -2.22. The van der Waals surface area contributed by atoms with Gasteiger partial charge in [-0.1, -0.05) is 57.5 Å². The minimum atomic E-state index is -4.65. The van der Waals surface area contributed by atoms with Crippen LogP contribution in [0.2, 0.25) is 0 Å². The van der Waals surface area contributed by atoms with E-state index in [9.17, 15) is 34.8 Å². The Morgan fingerprint density at radius 3 is 1.22 bits per heavy atom. The molecule has 2 aromatic carbocycles. The molecule has 2 unspecified atom stereocenters. The molecule has 0 radical (unpaired) electrons. The van der Waals surface area contributed by atoms with Crippen molar-refractivity contribution in [3.63, 3.8) is 0 Å². The van der Waals surface area contributed by atoms with Crippen LogP contribution in [0.25, 0.3) is 0 Å². The molecule has 3 nitrogen and oxygen atoms in total. The normalized spacial score (nSPS) is 13.7. The van der Waals surface area contributed by atoms with Crippen molar-refractivity contribution >= 4 is 53.5 Å². The van der Waals surface area contributed by atoms with Crippen LogP contribution in [0.1, 0.15) is 84.7 Å². The van der Waals surface area contributed by atoms with E-state index in [4.69, 9.17) is 4.74 Å². The Morgan fingerprint density at radius 2 is 0.911 bits per heavy atom. The summed E-state index contributed by atoms with van der Waals surface area (Å²) in [6.07, 6.45) is -0.918. The van der Waals surface area contributed by atoms with Crippen LogP contribution in [-0.2, 0) is 34.4 Å². The summed E-state index contributed by atoms with van der Waals surface area (Å²) in [4.78, 5) is 0.0297. The van der Waals surface area contributed by atoms with Crippen molar-refractivity contribution in [3.05, 3.63) is 45.5 Å². The van der Waals surface area contributed by atoms with Crippen molar-refractivity contribution in [1.29, 1.82) is 0 Å². The highest BCUT2D eigenvalue weighted by atomic mass is 79.9. The molecule has 0 saturated heterocycles. The summed E-state index contributed by atoms with van der Waals surface area (Å²) < 4.78 is 112. The lowest BCUT2D eigenvalue weighted by molar-refractivity contribution is -0.106. The van der Waals surface area contributed by atoms with E-state index in [0.29, 0.717) is 35.1 Å². The lowest BCUT2D eigenvalue weighted by atomic mass is 9.95. The van der Waals surface area contributed by atoms with E-state index in [1.165, 1.54) is 12.1 Å². The van der Waals surface area contributed by atoms with Crippen molar-refractivity contribution in [2.24, 2.45) is 0 Å². The van der Waals surface area contributed by atoms with E-state index in [1.807, 2.05) is 0 Å². The van der Waals surface area contributed by atoms with Crippen molar-refractivity contribution < 1.29 is 39.5 Å². The van der Waals surface area contributed by atoms with E-state index in [0.717, 1.165) is 73.2 Å². The van der Waals surface area contributed by atoms with E-state index in [2.05, 4.69) is 31.9 Å². The molecule has 0 saturated carbocycles. The Balaban J connectivity index is 2.65. The van der Waals surface area contributed by atoms with Crippen LogP contribution < -0.4 is 4.74 Å². The Morgan fingerprint density at radius 1 is 0.578 bits per heavy atom. The van der Waals surface area contributed by atoms with Crippen LogP contribution in [0.5, 0.6) is 11.5 Å². The van der Waals surface area contributed by atoms with Crippen molar-refractivity contribution in [3.8, 4) is 11.5 Å². The van der Waals surface area contributed by atoms with Gasteiger partial charge in [0, 0.05) is 20.5 Å². The van der Waals surface area contributed by atoms with Crippen LogP contribution in [0, 0.1) is 27.7 Å². The molecule has 0 heterocycles. The zero-order chi connectivity index (χ0) is 33.9. The quantitative estimate of drug-likeness (QED) is 0.0856. The van der Waals surface area contributed by atoms with Gasteiger partial charge in [0.05, 0.1) is 21.6 Å². The maximum absolute atomic E-state index is 13.3. The second-order valence-electron chi connectivity index (χ2n) is 11.2. The topological polar surface area (TPSA) is 43.4 Å². The monoisotopic (exact) mass is 810 g/mol. The predicted molar refractivity (Wildman–Crippen MR) is 178 cm³/mol. The van der Waals surface area contributed by atoms with E-state index < -0.39 is 45.5 Å². The number of rotatable bonds is 18. The molecule has 45 heavy (non-hydrogen) atoms. The van der Waals surface area contributed by atoms with Crippen LogP contribution in [0.15, 0.2) is 21.9 Å². The Hall–Kier alpha value is -0.920. The maximum Gasteiger partial charge on any atom is 0.400 e. The fraction of sp³-hybridized carbons (Fsp3) is 0.625. The number of alkyl halides is 8. The molecule has 2 aromatic rings. The third-order valence-corrected chi connectivity index (χ3v) is 11.9. The summed E-state index contributed by atoms with van der Waals surface area (Å²) in [6.45, 7) is 6.89. The largest absolute Gasteiger partial charge is 0.457 e. The highest BCUT2D eigenvalue weighted by Crippen LogP contribution is 2.39. The fourth-order valence-corrected chi connectivity index (χ4v) is 8.44. The van der Waals surface area contributed by atoms with Gasteiger partial charge in [0.15, 0.2) is 0 Å². The molecule has 2 atom stereocenters. The molecule has 0 bridgehead atoms. The molecule has 0 aliphatic carbocycles. The second-order valence-corrected chi connectivity index (χ2v) is 15.6. The molecule has 0 aliphatic heterocycles. The molecule has 0 aliphatic rings. The van der Waals surface area contributed by atoms with Crippen molar-refractivity contribution in [2.45, 2.75) is 114 Å². The summed E-state index contributed by atoms with van der Waals surface area (Å²) in [5.41, 5.74) is 3.84. The highest BCUT2D eigenvalue weighted by molar-refractivity contribution is 9.09. The molecule has 0 N–H and O–H groups in total. The third kappa shape index (κ3) is 12.9. The average molecular weight is 813 g/mol. The average Bonchev–Trinajstić information content (AvgIpc) is 2.92. The molecule has 0 fully saturated rings. The second kappa shape index (κ2) is 18.6. The summed E-state index contributed by atoms with van der Waals surface area (Å²) in [6, 6.07) is 2.71. The summed E-state index contributed by atoms with van der Waals surface area (Å²) in [5.74, 6) is -2.65. The van der Waals surface area contributed by atoms with Crippen molar-refractivity contribution in [2.75, 3.05) is 22.2 Å². The number of hydrogen-bond acceptors (Lipinski definition) is 3. The zero-order valence-electron chi connectivity index (χ0n) is 26.1. The molecule has 256 valence electrons. The molecule has 0 amide bonds. The van der Waals surface area contributed by atoms with Crippen LogP contribution >= 0.6 is 31.9 Å². The van der Waals surface area contributed by atoms with Gasteiger partial charge in [0.25, 0.3) is 0 Å². The molecule has 0 spiro atoms. The lowest BCUT2D eigenvalue weighted by Crippen LogP contribution is -2.20. The van der Waals surface area contributed by atoms with Gasteiger partial charge >= 0.3 is 12.4 Å². The molecular formula is C32H42Br2F6O3S2. The number of ether oxygens (including phenoxy) is 1. The van der Waals surface area contributed by atoms with Gasteiger partial charge in [-0.3, -0.25) is 8.42 Å². The van der Waals surface area contributed by atoms with Crippen LogP contribution in [-0.4, -0.2) is 42.9 Å². The number of benzene rings is 2. The summed E-state index contributed by atoms with van der Waals surface area (Å²) >= 11 is 6.82. The first-order valence-corrected chi connectivity index (χ1v) is 19.8. The van der Waals surface area contributed by atoms with Gasteiger partial charge < -0.3 is 4.74 Å². The van der Waals surface area contributed by atoms with E-state index in [-0.39, 0.29) is 21.3 Å². The molecule has 13 heteroatoms. The highest BCUT2D eigenvalue weighted by Gasteiger charge is 2.34. The van der Waals surface area contributed by atoms with Gasteiger partial charge in [-0.25, -0.2) is 0 Å².